The third-order valence-corrected chi connectivity index (χ3v) is 10.3. The number of hydrogen-bond acceptors (Lipinski definition) is 1. The number of ether oxygens (including phenoxy) is 1. The molecule has 1 heterocycles. The van der Waals surface area contributed by atoms with Gasteiger partial charge in [-0.2, -0.15) is 0 Å². The molecule has 1 aliphatic heterocycles. The standard InChI is InChI=1S/C45H32O/c1-44(31-17-5-2-6-18-31)37-26-12-11-23-36(37)42-34(24-15-28-39(42)44)35-25-16-30-41-43(35)45(32-19-7-3-8-20-32,33-21-9-4-10-22-33)38-27-13-14-29-40(38)46-41/h2-30H,1H3. The predicted octanol–water partition coefficient (Wildman–Crippen LogP) is 11.2. The maximum absolute atomic E-state index is 6.84. The molecule has 1 aliphatic carbocycles. The van der Waals surface area contributed by atoms with Crippen molar-refractivity contribution < 1.29 is 4.74 Å². The van der Waals surface area contributed by atoms with Crippen molar-refractivity contribution in [2.45, 2.75) is 17.8 Å². The molecule has 0 radical (unpaired) electrons. The fourth-order valence-electron chi connectivity index (χ4n) is 8.34. The van der Waals surface area contributed by atoms with Crippen molar-refractivity contribution in [1.29, 1.82) is 0 Å². The topological polar surface area (TPSA) is 9.23 Å². The molecule has 7 aromatic rings. The molecule has 1 nitrogen and oxygen atoms in total. The summed E-state index contributed by atoms with van der Waals surface area (Å²) in [7, 11) is 0. The molecule has 218 valence electrons. The predicted molar refractivity (Wildman–Crippen MR) is 188 cm³/mol. The highest BCUT2D eigenvalue weighted by Crippen LogP contribution is 2.60. The molecule has 7 aromatic carbocycles. The molecule has 0 fully saturated rings. The second-order valence-electron chi connectivity index (χ2n) is 12.5. The molecule has 1 heteroatoms. The zero-order valence-corrected chi connectivity index (χ0v) is 25.7. The molecule has 0 aromatic heterocycles. The van der Waals surface area contributed by atoms with Crippen molar-refractivity contribution >= 4 is 0 Å². The first-order valence-corrected chi connectivity index (χ1v) is 16.0. The van der Waals surface area contributed by atoms with E-state index in [0.717, 1.165) is 17.1 Å². The molecule has 0 bridgehead atoms. The van der Waals surface area contributed by atoms with E-state index in [1.807, 2.05) is 0 Å². The van der Waals surface area contributed by atoms with Gasteiger partial charge in [0.15, 0.2) is 0 Å². The molecule has 46 heavy (non-hydrogen) atoms. The number of para-hydroxylation sites is 1. The summed E-state index contributed by atoms with van der Waals surface area (Å²) in [4.78, 5) is 0. The second-order valence-corrected chi connectivity index (χ2v) is 12.5. The van der Waals surface area contributed by atoms with Crippen LogP contribution in [0.5, 0.6) is 11.5 Å². The average molecular weight is 589 g/mol. The minimum absolute atomic E-state index is 0.281. The van der Waals surface area contributed by atoms with Gasteiger partial charge in [0.25, 0.3) is 0 Å². The Morgan fingerprint density at radius 1 is 0.370 bits per heavy atom. The lowest BCUT2D eigenvalue weighted by Gasteiger charge is -2.43. The van der Waals surface area contributed by atoms with E-state index >= 15 is 0 Å². The van der Waals surface area contributed by atoms with Crippen LogP contribution >= 0.6 is 0 Å². The Morgan fingerprint density at radius 2 is 0.848 bits per heavy atom. The maximum atomic E-state index is 6.84. The summed E-state index contributed by atoms with van der Waals surface area (Å²) in [6, 6.07) is 63.8. The Kier molecular flexibility index (Phi) is 5.92. The van der Waals surface area contributed by atoms with Gasteiger partial charge in [0.2, 0.25) is 0 Å². The molecular formula is C45H32O. The summed E-state index contributed by atoms with van der Waals surface area (Å²) < 4.78 is 6.84. The molecule has 1 unspecified atom stereocenters. The summed E-state index contributed by atoms with van der Waals surface area (Å²) in [6.45, 7) is 2.38. The Hall–Kier alpha value is -5.66. The Balaban J connectivity index is 1.42. The van der Waals surface area contributed by atoms with Crippen LogP contribution in [0, 0.1) is 0 Å². The van der Waals surface area contributed by atoms with Gasteiger partial charge in [0, 0.05) is 16.5 Å². The van der Waals surface area contributed by atoms with E-state index in [4.69, 9.17) is 4.74 Å². The SMILES string of the molecule is CC1(c2ccccc2)c2ccccc2-c2c(-c3cccc4c3C(c3ccccc3)(c3ccccc3)c3ccccc3O4)cccc21. The van der Waals surface area contributed by atoms with Gasteiger partial charge >= 0.3 is 0 Å². The van der Waals surface area contributed by atoms with Gasteiger partial charge in [-0.3, -0.25) is 0 Å². The molecule has 1 atom stereocenters. The van der Waals surface area contributed by atoms with Gasteiger partial charge in [-0.15, -0.1) is 0 Å². The van der Waals surface area contributed by atoms with Crippen LogP contribution in [0.1, 0.15) is 45.9 Å². The third kappa shape index (κ3) is 3.57. The number of benzene rings is 7. The van der Waals surface area contributed by atoms with E-state index in [2.05, 4.69) is 183 Å². The van der Waals surface area contributed by atoms with Crippen LogP contribution in [0.2, 0.25) is 0 Å². The lowest BCUT2D eigenvalue weighted by molar-refractivity contribution is 0.435. The largest absolute Gasteiger partial charge is 0.457 e. The van der Waals surface area contributed by atoms with Crippen molar-refractivity contribution in [3.05, 3.63) is 215 Å². The smallest absolute Gasteiger partial charge is 0.132 e. The molecule has 2 aliphatic rings. The highest BCUT2D eigenvalue weighted by Gasteiger charge is 2.48. The van der Waals surface area contributed by atoms with Gasteiger partial charge in [-0.05, 0) is 69.1 Å². The van der Waals surface area contributed by atoms with Crippen molar-refractivity contribution in [1.82, 2.24) is 0 Å². The second kappa shape index (κ2) is 10.2. The Bertz CT molecular complexity index is 2190. The normalized spacial score (nSPS) is 16.8. The molecule has 0 saturated heterocycles. The van der Waals surface area contributed by atoms with Gasteiger partial charge in [-0.25, -0.2) is 0 Å². The van der Waals surface area contributed by atoms with Crippen LogP contribution in [0.25, 0.3) is 22.3 Å². The van der Waals surface area contributed by atoms with Crippen LogP contribution in [-0.4, -0.2) is 0 Å². The first-order valence-electron chi connectivity index (χ1n) is 16.0. The summed E-state index contributed by atoms with van der Waals surface area (Å²) in [6.07, 6.45) is 0. The van der Waals surface area contributed by atoms with Crippen molar-refractivity contribution in [3.8, 4) is 33.8 Å². The molecule has 9 rings (SSSR count). The minimum Gasteiger partial charge on any atom is -0.457 e. The van der Waals surface area contributed by atoms with E-state index in [0.29, 0.717) is 0 Å². The first-order chi connectivity index (χ1) is 22.7. The highest BCUT2D eigenvalue weighted by molar-refractivity contribution is 5.96. The lowest BCUT2D eigenvalue weighted by atomic mass is 9.62. The summed E-state index contributed by atoms with van der Waals surface area (Å²) in [5.74, 6) is 1.78. The van der Waals surface area contributed by atoms with Crippen LogP contribution in [-0.2, 0) is 10.8 Å². The monoisotopic (exact) mass is 588 g/mol. The maximum Gasteiger partial charge on any atom is 0.132 e. The number of fused-ring (bicyclic) bond motifs is 5. The molecule has 0 amide bonds. The average Bonchev–Trinajstić information content (AvgIpc) is 3.40. The molecule has 0 spiro atoms. The molecular weight excluding hydrogens is 556 g/mol. The summed E-state index contributed by atoms with van der Waals surface area (Å²) in [5.41, 5.74) is 12.8. The lowest BCUT2D eigenvalue weighted by Crippen LogP contribution is -2.34. The summed E-state index contributed by atoms with van der Waals surface area (Å²) in [5, 5.41) is 0. The van der Waals surface area contributed by atoms with Crippen molar-refractivity contribution in [2.24, 2.45) is 0 Å². The van der Waals surface area contributed by atoms with Gasteiger partial charge in [0.1, 0.15) is 11.5 Å². The van der Waals surface area contributed by atoms with Crippen molar-refractivity contribution in [2.75, 3.05) is 0 Å². The Morgan fingerprint density at radius 3 is 1.54 bits per heavy atom. The first kappa shape index (κ1) is 26.7. The fraction of sp³-hybridized carbons (Fsp3) is 0.0667. The van der Waals surface area contributed by atoms with E-state index < -0.39 is 5.41 Å². The van der Waals surface area contributed by atoms with Crippen LogP contribution < -0.4 is 4.74 Å². The third-order valence-electron chi connectivity index (χ3n) is 10.3. The van der Waals surface area contributed by atoms with E-state index in [9.17, 15) is 0 Å². The van der Waals surface area contributed by atoms with Gasteiger partial charge in [0.05, 0.1) is 5.41 Å². The highest BCUT2D eigenvalue weighted by atomic mass is 16.5. The van der Waals surface area contributed by atoms with Gasteiger partial charge in [-0.1, -0.05) is 164 Å². The van der Waals surface area contributed by atoms with Crippen LogP contribution in [0.15, 0.2) is 176 Å². The molecule has 0 N–H and O–H groups in total. The van der Waals surface area contributed by atoms with Gasteiger partial charge < -0.3 is 4.74 Å². The Labute approximate surface area is 270 Å². The van der Waals surface area contributed by atoms with Crippen molar-refractivity contribution in [3.63, 3.8) is 0 Å². The summed E-state index contributed by atoms with van der Waals surface area (Å²) >= 11 is 0. The van der Waals surface area contributed by atoms with E-state index in [1.165, 1.54) is 55.6 Å². The fourth-order valence-corrected chi connectivity index (χ4v) is 8.34. The number of rotatable bonds is 4. The zero-order chi connectivity index (χ0) is 30.7. The minimum atomic E-state index is -0.604. The van der Waals surface area contributed by atoms with Crippen LogP contribution in [0.4, 0.5) is 0 Å². The quantitative estimate of drug-likeness (QED) is 0.199. The molecule has 0 saturated carbocycles. The zero-order valence-electron chi connectivity index (χ0n) is 25.7. The van der Waals surface area contributed by atoms with E-state index in [-0.39, 0.29) is 5.41 Å². The van der Waals surface area contributed by atoms with Crippen LogP contribution in [0.3, 0.4) is 0 Å². The van der Waals surface area contributed by atoms with E-state index in [1.54, 1.807) is 0 Å². The number of hydrogen-bond donors (Lipinski definition) is 0.